The van der Waals surface area contributed by atoms with E-state index >= 15 is 0 Å². The van der Waals surface area contributed by atoms with E-state index in [0.29, 0.717) is 41.5 Å². The first-order chi connectivity index (χ1) is 30.0. The first-order valence-corrected chi connectivity index (χ1v) is 21.6. The highest BCUT2D eigenvalue weighted by molar-refractivity contribution is 6.31. The van der Waals surface area contributed by atoms with Crippen molar-refractivity contribution in [3.63, 3.8) is 0 Å². The number of nitrogens with one attached hydrogen (secondary N) is 3. The van der Waals surface area contributed by atoms with Gasteiger partial charge in [-0.2, -0.15) is 5.26 Å². The molecule has 0 radical (unpaired) electrons. The average Bonchev–Trinajstić information content (AvgIpc) is 3.81. The van der Waals surface area contributed by atoms with Gasteiger partial charge in [0.05, 0.1) is 17.6 Å². The van der Waals surface area contributed by atoms with Crippen LogP contribution in [0.2, 0.25) is 5.02 Å². The molecule has 2 atom stereocenters. The van der Waals surface area contributed by atoms with Crippen LogP contribution in [0.5, 0.6) is 0 Å². The number of carbonyl (C=O) groups excluding carboxylic acids is 2. The van der Waals surface area contributed by atoms with Gasteiger partial charge in [-0.15, -0.1) is 0 Å². The Labute approximate surface area is 374 Å². The van der Waals surface area contributed by atoms with Gasteiger partial charge in [0, 0.05) is 77.5 Å². The Balaban J connectivity index is 0.000000223. The van der Waals surface area contributed by atoms with Crippen molar-refractivity contribution in [1.82, 2.24) is 38.5 Å². The van der Waals surface area contributed by atoms with Gasteiger partial charge in [0.1, 0.15) is 45.5 Å². The molecule has 0 bridgehead atoms. The minimum absolute atomic E-state index is 0.0494. The van der Waals surface area contributed by atoms with Gasteiger partial charge in [-0.25, -0.2) is 19.2 Å². The number of piperidine rings is 2. The number of alkyl carbamates (subject to hydrolysis) is 2. The molecule has 64 heavy (non-hydrogen) atoms. The standard InChI is InChI=1S/C26H31ClN6O4.C18H27N5O4/c1-26(2,3)37-24(35)29-17-10-8-12-32(15-17)22-18(13-28)20-21(23(34)31(5)25(36)30(20)4)33(22)14-16-9-6-7-11-19(16)27;1-18(2,3)27-16(25)19-11-7-6-8-23(10-11)13-9-12-14(20-13)15(24)22(5)17(26)21(12)4/h6-7,9,11,17H,8,10,12,14-15H2,1-5H3,(H,29,35);9,11,20H,6-8,10H2,1-5H3,(H,19,25)/t17-;11-/m11/s1. The molecule has 4 aromatic heterocycles. The number of benzene rings is 1. The van der Waals surface area contributed by atoms with E-state index in [1.54, 1.807) is 45.5 Å². The summed E-state index contributed by atoms with van der Waals surface area (Å²) in [6, 6.07) is 11.1. The van der Waals surface area contributed by atoms with E-state index in [9.17, 15) is 34.0 Å². The molecule has 0 aliphatic carbocycles. The minimum atomic E-state index is -0.626. The summed E-state index contributed by atoms with van der Waals surface area (Å²) in [6.07, 6.45) is 2.30. The van der Waals surface area contributed by atoms with E-state index in [1.165, 1.54) is 23.2 Å². The zero-order chi connectivity index (χ0) is 47.0. The second-order valence-corrected chi connectivity index (χ2v) is 18.8. The van der Waals surface area contributed by atoms with Gasteiger partial charge in [0.25, 0.3) is 11.1 Å². The number of H-pyrrole nitrogens is 1. The zero-order valence-electron chi connectivity index (χ0n) is 38.1. The number of nitrogens with zero attached hydrogens (tertiary/aromatic N) is 8. The summed E-state index contributed by atoms with van der Waals surface area (Å²) >= 11 is 6.47. The van der Waals surface area contributed by atoms with Crippen LogP contribution in [0.25, 0.3) is 22.1 Å². The zero-order valence-corrected chi connectivity index (χ0v) is 38.9. The fourth-order valence-corrected chi connectivity index (χ4v) is 8.44. The van der Waals surface area contributed by atoms with Crippen LogP contribution >= 0.6 is 11.6 Å². The van der Waals surface area contributed by atoms with Crippen LogP contribution in [-0.2, 0) is 44.2 Å². The molecule has 2 aliphatic heterocycles. The summed E-state index contributed by atoms with van der Waals surface area (Å²) < 4.78 is 17.4. The van der Waals surface area contributed by atoms with Crippen LogP contribution in [0, 0.1) is 11.3 Å². The molecule has 2 aliphatic rings. The van der Waals surface area contributed by atoms with E-state index in [4.69, 9.17) is 21.1 Å². The first kappa shape index (κ1) is 47.1. The predicted molar refractivity (Wildman–Crippen MR) is 246 cm³/mol. The fourth-order valence-electron chi connectivity index (χ4n) is 8.25. The molecular formula is C44H58ClN11O8. The van der Waals surface area contributed by atoms with E-state index in [2.05, 4.69) is 26.6 Å². The van der Waals surface area contributed by atoms with Gasteiger partial charge in [0.15, 0.2) is 0 Å². The van der Waals surface area contributed by atoms with Crippen molar-refractivity contribution in [3.05, 3.63) is 88.2 Å². The summed E-state index contributed by atoms with van der Waals surface area (Å²) in [5.41, 5.74) is -0.386. The van der Waals surface area contributed by atoms with Gasteiger partial charge < -0.3 is 39.5 Å². The number of aromatic amines is 1. The SMILES string of the molecule is Cn1c(=O)c2[nH]c(N3CCC[C@@H](NC(=O)OC(C)(C)C)C3)cc2n(C)c1=O.Cn1c(=O)c2c(c(C#N)c(N3CCC[C@@H](NC(=O)OC(C)(C)C)C3)n2Cc2ccccc2Cl)n(C)c1=O. The summed E-state index contributed by atoms with van der Waals surface area (Å²) in [6.45, 7) is 13.5. The number of aryl methyl sites for hydroxylation is 2. The highest BCUT2D eigenvalue weighted by Gasteiger charge is 2.32. The molecule has 2 fully saturated rings. The number of fused-ring (bicyclic) bond motifs is 2. The molecule has 0 spiro atoms. The van der Waals surface area contributed by atoms with Crippen LogP contribution in [0.1, 0.15) is 78.4 Å². The molecule has 3 N–H and O–H groups in total. The third-order valence-corrected chi connectivity index (χ3v) is 11.6. The van der Waals surface area contributed by atoms with Crippen LogP contribution in [0.15, 0.2) is 49.5 Å². The number of amides is 2. The van der Waals surface area contributed by atoms with Gasteiger partial charge in [-0.3, -0.25) is 27.9 Å². The second kappa shape index (κ2) is 18.4. The molecule has 19 nitrogen and oxygen atoms in total. The monoisotopic (exact) mass is 903 g/mol. The maximum atomic E-state index is 13.4. The highest BCUT2D eigenvalue weighted by Crippen LogP contribution is 2.34. The molecule has 1 aromatic carbocycles. The summed E-state index contributed by atoms with van der Waals surface area (Å²) in [5, 5.41) is 16.6. The fraction of sp³-hybridized carbons (Fsp3) is 0.523. The number of anilines is 2. The maximum absolute atomic E-state index is 13.4. The predicted octanol–water partition coefficient (Wildman–Crippen LogP) is 4.16. The maximum Gasteiger partial charge on any atom is 0.407 e. The number of carbonyl (C=O) groups is 2. The largest absolute Gasteiger partial charge is 0.444 e. The van der Waals surface area contributed by atoms with Crippen molar-refractivity contribution in [3.8, 4) is 6.07 Å². The lowest BCUT2D eigenvalue weighted by Gasteiger charge is -2.35. The van der Waals surface area contributed by atoms with Crippen molar-refractivity contribution in [2.45, 2.75) is 97.1 Å². The third-order valence-electron chi connectivity index (χ3n) is 11.2. The topological polar surface area (TPSA) is 216 Å². The van der Waals surface area contributed by atoms with Crippen molar-refractivity contribution in [2.75, 3.05) is 36.0 Å². The number of nitriles is 1. The number of aromatic nitrogens is 6. The lowest BCUT2D eigenvalue weighted by atomic mass is 10.1. The summed E-state index contributed by atoms with van der Waals surface area (Å²) in [5.74, 6) is 1.28. The van der Waals surface area contributed by atoms with Crippen molar-refractivity contribution >= 4 is 57.5 Å². The summed E-state index contributed by atoms with van der Waals surface area (Å²) in [4.78, 5) is 82.3. The lowest BCUT2D eigenvalue weighted by Crippen LogP contribution is -2.49. The van der Waals surface area contributed by atoms with Gasteiger partial charge in [-0.1, -0.05) is 29.8 Å². The Morgan fingerprint density at radius 2 is 1.31 bits per heavy atom. The number of rotatable bonds is 6. The van der Waals surface area contributed by atoms with Crippen molar-refractivity contribution in [2.24, 2.45) is 28.2 Å². The summed E-state index contributed by atoms with van der Waals surface area (Å²) in [7, 11) is 6.08. The quantitative estimate of drug-likeness (QED) is 0.220. The Morgan fingerprint density at radius 1 is 0.781 bits per heavy atom. The second-order valence-electron chi connectivity index (χ2n) is 18.4. The van der Waals surface area contributed by atoms with Crippen LogP contribution < -0.4 is 42.9 Å². The van der Waals surface area contributed by atoms with E-state index < -0.39 is 34.6 Å². The Hall–Kier alpha value is -6.42. The third kappa shape index (κ3) is 10.0. The molecule has 2 amide bonds. The average molecular weight is 904 g/mol. The molecule has 6 heterocycles. The Kier molecular flexibility index (Phi) is 13.5. The highest BCUT2D eigenvalue weighted by atomic mass is 35.5. The lowest BCUT2D eigenvalue weighted by molar-refractivity contribution is 0.0488. The number of hydrogen-bond donors (Lipinski definition) is 3. The molecule has 344 valence electrons. The van der Waals surface area contributed by atoms with Crippen molar-refractivity contribution in [1.29, 1.82) is 5.26 Å². The molecule has 7 rings (SSSR count). The normalized spacial score (nSPS) is 16.8. The van der Waals surface area contributed by atoms with Gasteiger partial charge in [-0.05, 0) is 78.9 Å². The Morgan fingerprint density at radius 3 is 1.88 bits per heavy atom. The van der Waals surface area contributed by atoms with E-state index in [-0.39, 0.29) is 46.5 Å². The number of hydrogen-bond acceptors (Lipinski definition) is 11. The van der Waals surface area contributed by atoms with E-state index in [1.807, 2.05) is 49.9 Å². The Bertz CT molecular complexity index is 2880. The molecule has 2 saturated heterocycles. The minimum Gasteiger partial charge on any atom is -0.444 e. The number of ether oxygens (including phenoxy) is 2. The molecule has 5 aromatic rings. The number of halogens is 1. The molecule has 0 unspecified atom stereocenters. The van der Waals surface area contributed by atoms with Gasteiger partial charge >= 0.3 is 23.6 Å². The van der Waals surface area contributed by atoms with Crippen LogP contribution in [0.3, 0.4) is 0 Å². The molecular weight excluding hydrogens is 846 g/mol. The molecule has 0 saturated carbocycles. The van der Waals surface area contributed by atoms with Crippen molar-refractivity contribution < 1.29 is 19.1 Å². The van der Waals surface area contributed by atoms with Crippen LogP contribution in [0.4, 0.5) is 21.2 Å². The van der Waals surface area contributed by atoms with E-state index in [0.717, 1.165) is 52.7 Å². The smallest absolute Gasteiger partial charge is 0.407 e. The van der Waals surface area contributed by atoms with Crippen LogP contribution in [-0.4, -0.2) is 89.5 Å². The first-order valence-electron chi connectivity index (χ1n) is 21.2. The van der Waals surface area contributed by atoms with Gasteiger partial charge in [0.2, 0.25) is 0 Å². The molecule has 20 heteroatoms.